The summed E-state index contributed by atoms with van der Waals surface area (Å²) >= 11 is 0. The summed E-state index contributed by atoms with van der Waals surface area (Å²) in [6, 6.07) is 15.2. The maximum absolute atomic E-state index is 14.2. The van der Waals surface area contributed by atoms with Crippen LogP contribution in [-0.4, -0.2) is 53.6 Å². The number of alkyl halides is 1. The van der Waals surface area contributed by atoms with Gasteiger partial charge < -0.3 is 14.9 Å². The van der Waals surface area contributed by atoms with Crippen molar-refractivity contribution in [3.05, 3.63) is 65.7 Å². The number of aliphatic carboxylic acids is 1. The van der Waals surface area contributed by atoms with Gasteiger partial charge in [0, 0.05) is 36.8 Å². The molecule has 0 radical (unpaired) electrons. The van der Waals surface area contributed by atoms with Crippen molar-refractivity contribution >= 4 is 23.5 Å². The molecular weight excluding hydrogens is 351 g/mol. The molecule has 6 nitrogen and oxygen atoms in total. The minimum absolute atomic E-state index is 0.0176. The Balaban J connectivity index is 1.79. The first kappa shape index (κ1) is 18.6. The van der Waals surface area contributed by atoms with Crippen LogP contribution in [0.4, 0.5) is 10.1 Å². The number of amides is 2. The molecule has 3 rings (SSSR count). The van der Waals surface area contributed by atoms with Crippen molar-refractivity contribution in [1.29, 1.82) is 0 Å². The average Bonchev–Trinajstić information content (AvgIpc) is 3.10. The lowest BCUT2D eigenvalue weighted by Gasteiger charge is -2.19. The minimum Gasteiger partial charge on any atom is -0.479 e. The van der Waals surface area contributed by atoms with Crippen molar-refractivity contribution in [2.75, 3.05) is 25.0 Å². The Bertz CT molecular complexity index is 887. The van der Waals surface area contributed by atoms with Crippen LogP contribution in [0.2, 0.25) is 0 Å². The topological polar surface area (TPSA) is 77.9 Å². The number of hydrogen-bond acceptors (Lipinski definition) is 3. The van der Waals surface area contributed by atoms with Gasteiger partial charge in [-0.2, -0.15) is 0 Å². The molecule has 1 unspecified atom stereocenters. The molecule has 1 heterocycles. The van der Waals surface area contributed by atoms with Gasteiger partial charge in [-0.1, -0.05) is 24.3 Å². The molecule has 140 valence electrons. The molecule has 1 saturated heterocycles. The predicted octanol–water partition coefficient (Wildman–Crippen LogP) is 2.60. The van der Waals surface area contributed by atoms with Crippen LogP contribution in [0.1, 0.15) is 27.1 Å². The predicted molar refractivity (Wildman–Crippen MR) is 97.6 cm³/mol. The summed E-state index contributed by atoms with van der Waals surface area (Å²) in [5.74, 6) is -2.35. The summed E-state index contributed by atoms with van der Waals surface area (Å²) in [4.78, 5) is 39.0. The molecule has 1 atom stereocenters. The van der Waals surface area contributed by atoms with E-state index < -0.39 is 24.1 Å². The maximum atomic E-state index is 14.2. The van der Waals surface area contributed by atoms with E-state index in [9.17, 15) is 18.8 Å². The Morgan fingerprint density at radius 3 is 2.37 bits per heavy atom. The molecule has 2 aromatic carbocycles. The van der Waals surface area contributed by atoms with E-state index in [2.05, 4.69) is 0 Å². The number of nitrogens with zero attached hydrogens (tertiary/aromatic N) is 2. The van der Waals surface area contributed by atoms with Crippen molar-refractivity contribution < 1.29 is 23.9 Å². The number of hydrogen-bond donors (Lipinski definition) is 1. The summed E-state index contributed by atoms with van der Waals surface area (Å²) in [5, 5.41) is 8.97. The fourth-order valence-corrected chi connectivity index (χ4v) is 3.05. The quantitative estimate of drug-likeness (QED) is 0.897. The number of rotatable bonds is 4. The number of halogens is 1. The van der Waals surface area contributed by atoms with E-state index in [0.717, 1.165) is 0 Å². The SMILES string of the molecule is CN(C(=O)c1cccc(C(=O)N2CCC(F)(C(=O)O)C2)c1)c1ccccc1. The summed E-state index contributed by atoms with van der Waals surface area (Å²) in [5.41, 5.74) is -1.17. The lowest BCUT2D eigenvalue weighted by Crippen LogP contribution is -2.39. The van der Waals surface area contributed by atoms with Crippen molar-refractivity contribution in [3.8, 4) is 0 Å². The van der Waals surface area contributed by atoms with Crippen LogP contribution in [0.25, 0.3) is 0 Å². The molecule has 1 N–H and O–H groups in total. The molecule has 7 heteroatoms. The Kier molecular flexibility index (Phi) is 4.94. The molecule has 1 aliphatic heterocycles. The van der Waals surface area contributed by atoms with Gasteiger partial charge in [0.25, 0.3) is 11.8 Å². The molecule has 1 aliphatic rings. The molecular formula is C20H19FN2O4. The largest absolute Gasteiger partial charge is 0.479 e. The fourth-order valence-electron chi connectivity index (χ4n) is 3.05. The molecule has 27 heavy (non-hydrogen) atoms. The monoisotopic (exact) mass is 370 g/mol. The molecule has 1 fully saturated rings. The first-order chi connectivity index (χ1) is 12.8. The zero-order valence-corrected chi connectivity index (χ0v) is 14.8. The van der Waals surface area contributed by atoms with Crippen LogP contribution < -0.4 is 4.90 Å². The van der Waals surface area contributed by atoms with Crippen molar-refractivity contribution in [2.24, 2.45) is 0 Å². The number of carbonyl (C=O) groups is 3. The van der Waals surface area contributed by atoms with E-state index in [1.165, 1.54) is 21.9 Å². The Labute approximate surface area is 155 Å². The van der Waals surface area contributed by atoms with E-state index in [1.54, 1.807) is 31.3 Å². The maximum Gasteiger partial charge on any atom is 0.343 e. The summed E-state index contributed by atoms with van der Waals surface area (Å²) in [6.45, 7) is -0.479. The number of para-hydroxylation sites is 1. The highest BCUT2D eigenvalue weighted by Crippen LogP contribution is 2.27. The van der Waals surface area contributed by atoms with Gasteiger partial charge in [0.1, 0.15) is 0 Å². The fraction of sp³-hybridized carbons (Fsp3) is 0.250. The number of anilines is 1. The third kappa shape index (κ3) is 3.67. The first-order valence-electron chi connectivity index (χ1n) is 8.46. The van der Waals surface area contributed by atoms with E-state index in [-0.39, 0.29) is 24.4 Å². The summed E-state index contributed by atoms with van der Waals surface area (Å²) in [6.07, 6.45) is -0.247. The first-order valence-corrected chi connectivity index (χ1v) is 8.46. The molecule has 0 saturated carbocycles. The second kappa shape index (κ2) is 7.19. The number of carbonyl (C=O) groups excluding carboxylic acids is 2. The van der Waals surface area contributed by atoms with E-state index in [1.807, 2.05) is 18.2 Å². The average molecular weight is 370 g/mol. The minimum atomic E-state index is -2.42. The van der Waals surface area contributed by atoms with Crippen LogP contribution in [0.15, 0.2) is 54.6 Å². The van der Waals surface area contributed by atoms with E-state index >= 15 is 0 Å². The van der Waals surface area contributed by atoms with Crippen molar-refractivity contribution in [1.82, 2.24) is 4.90 Å². The van der Waals surface area contributed by atoms with Crippen LogP contribution in [0.5, 0.6) is 0 Å². The molecule has 2 amide bonds. The number of carboxylic acids is 1. The Morgan fingerprint density at radius 1 is 1.07 bits per heavy atom. The lowest BCUT2D eigenvalue weighted by molar-refractivity contribution is -0.149. The molecule has 2 aromatic rings. The molecule has 0 aromatic heterocycles. The van der Waals surface area contributed by atoms with Gasteiger partial charge in [0.15, 0.2) is 0 Å². The van der Waals surface area contributed by atoms with Crippen molar-refractivity contribution in [2.45, 2.75) is 12.1 Å². The summed E-state index contributed by atoms with van der Waals surface area (Å²) in [7, 11) is 1.64. The standard InChI is InChI=1S/C20H19FN2O4/c1-22(16-8-3-2-4-9-16)17(24)14-6-5-7-15(12-14)18(25)23-11-10-20(21,13-23)19(26)27/h2-9,12H,10-11,13H2,1H3,(H,26,27). The zero-order chi connectivity index (χ0) is 19.6. The van der Waals surface area contributed by atoms with Gasteiger partial charge in [-0.05, 0) is 30.3 Å². The number of benzene rings is 2. The van der Waals surface area contributed by atoms with Gasteiger partial charge in [-0.3, -0.25) is 9.59 Å². The van der Waals surface area contributed by atoms with Crippen LogP contribution >= 0.6 is 0 Å². The second-order valence-corrected chi connectivity index (χ2v) is 6.53. The second-order valence-electron chi connectivity index (χ2n) is 6.53. The van der Waals surface area contributed by atoms with Crippen LogP contribution in [0, 0.1) is 0 Å². The highest BCUT2D eigenvalue weighted by Gasteiger charge is 2.47. The van der Waals surface area contributed by atoms with Crippen molar-refractivity contribution in [3.63, 3.8) is 0 Å². The normalized spacial score (nSPS) is 19.0. The Morgan fingerprint density at radius 2 is 1.74 bits per heavy atom. The van der Waals surface area contributed by atoms with Gasteiger partial charge in [-0.15, -0.1) is 0 Å². The molecule has 0 spiro atoms. The smallest absolute Gasteiger partial charge is 0.343 e. The van der Waals surface area contributed by atoms with E-state index in [0.29, 0.717) is 11.3 Å². The number of likely N-dealkylation sites (tertiary alicyclic amines) is 1. The third-order valence-electron chi connectivity index (χ3n) is 4.69. The molecule has 0 bridgehead atoms. The Hall–Kier alpha value is -3.22. The van der Waals surface area contributed by atoms with Gasteiger partial charge in [-0.25, -0.2) is 9.18 Å². The third-order valence-corrected chi connectivity index (χ3v) is 4.69. The summed E-state index contributed by atoms with van der Waals surface area (Å²) < 4.78 is 14.2. The van der Waals surface area contributed by atoms with Crippen LogP contribution in [0.3, 0.4) is 0 Å². The lowest BCUT2D eigenvalue weighted by atomic mass is 10.1. The zero-order valence-electron chi connectivity index (χ0n) is 14.8. The highest BCUT2D eigenvalue weighted by molar-refractivity contribution is 6.07. The van der Waals surface area contributed by atoms with Gasteiger partial charge >= 0.3 is 5.97 Å². The van der Waals surface area contributed by atoms with Gasteiger partial charge in [0.05, 0.1) is 6.54 Å². The van der Waals surface area contributed by atoms with E-state index in [4.69, 9.17) is 5.11 Å². The molecule has 0 aliphatic carbocycles. The van der Waals surface area contributed by atoms with Crippen LogP contribution in [-0.2, 0) is 4.79 Å². The number of carboxylic acid groups (broad SMARTS) is 1. The van der Waals surface area contributed by atoms with Gasteiger partial charge in [0.2, 0.25) is 5.67 Å². The highest BCUT2D eigenvalue weighted by atomic mass is 19.1.